The van der Waals surface area contributed by atoms with Crippen LogP contribution in [0.4, 0.5) is 0 Å². The summed E-state index contributed by atoms with van der Waals surface area (Å²) in [6, 6.07) is 3.66. The Morgan fingerprint density at radius 2 is 1.65 bits per heavy atom. The summed E-state index contributed by atoms with van der Waals surface area (Å²) in [5.41, 5.74) is 2.38. The van der Waals surface area contributed by atoms with Crippen LogP contribution < -0.4 is 0 Å². The zero-order valence-electron chi connectivity index (χ0n) is 10.0. The van der Waals surface area contributed by atoms with Crippen LogP contribution in [-0.4, -0.2) is 22.8 Å². The van der Waals surface area contributed by atoms with Crippen molar-refractivity contribution in [2.45, 2.75) is 20.8 Å². The molecule has 0 aliphatic rings. The molecule has 0 spiro atoms. The lowest BCUT2D eigenvalue weighted by atomic mass is 10.0. The van der Waals surface area contributed by atoms with Gasteiger partial charge in [0.15, 0.2) is 7.80 Å². The van der Waals surface area contributed by atoms with Crippen LogP contribution in [0.15, 0.2) is 12.1 Å². The van der Waals surface area contributed by atoms with Crippen LogP contribution in [-0.2, 0) is 9.36 Å². The molecule has 0 aliphatic heterocycles. The Morgan fingerprint density at radius 1 is 1.18 bits per heavy atom. The molecule has 0 aromatic heterocycles. The van der Waals surface area contributed by atoms with E-state index in [0.29, 0.717) is 5.56 Å². The third-order valence-corrected chi connectivity index (χ3v) is 3.85. The molecular formula is C12H15O4P. The molecule has 1 N–H and O–H groups in total. The van der Waals surface area contributed by atoms with Crippen molar-refractivity contribution in [3.05, 3.63) is 34.4 Å². The second kappa shape index (κ2) is 5.28. The molecule has 1 aromatic rings. The number of hydrogen-bond acceptors (Lipinski definition) is 3. The number of carbonyl (C=O) groups is 2. The zero-order chi connectivity index (χ0) is 13.2. The van der Waals surface area contributed by atoms with Gasteiger partial charge in [0, 0.05) is 5.56 Å². The van der Waals surface area contributed by atoms with Gasteiger partial charge in [-0.3, -0.25) is 9.59 Å². The first-order chi connectivity index (χ1) is 7.82. The Bertz CT molecular complexity index is 482. The Morgan fingerprint density at radius 3 is 2.06 bits per heavy atom. The highest BCUT2D eigenvalue weighted by Gasteiger charge is 2.20. The number of aryl methyl sites for hydroxylation is 3. The van der Waals surface area contributed by atoms with Crippen LogP contribution in [0.25, 0.3) is 0 Å². The summed E-state index contributed by atoms with van der Waals surface area (Å²) < 4.78 is 11.6. The molecule has 0 heterocycles. The van der Waals surface area contributed by atoms with Crippen LogP contribution in [0.3, 0.4) is 0 Å². The second-order valence-corrected chi connectivity index (χ2v) is 5.75. The number of benzene rings is 1. The average molecular weight is 254 g/mol. The quantitative estimate of drug-likeness (QED) is 0.837. The van der Waals surface area contributed by atoms with Crippen molar-refractivity contribution in [3.63, 3.8) is 0 Å². The highest BCUT2D eigenvalue weighted by atomic mass is 31.1. The van der Waals surface area contributed by atoms with Crippen molar-refractivity contribution in [3.8, 4) is 0 Å². The molecule has 1 aromatic carbocycles. The number of carboxylic acid groups (broad SMARTS) is 1. The molecule has 0 aliphatic carbocycles. The normalized spacial score (nSPS) is 12.2. The first-order valence-corrected chi connectivity index (χ1v) is 6.81. The van der Waals surface area contributed by atoms with E-state index in [9.17, 15) is 14.2 Å². The van der Waals surface area contributed by atoms with E-state index in [1.54, 1.807) is 13.8 Å². The van der Waals surface area contributed by atoms with Crippen LogP contribution in [0.5, 0.6) is 0 Å². The van der Waals surface area contributed by atoms with Gasteiger partial charge in [-0.15, -0.1) is 0 Å². The van der Waals surface area contributed by atoms with E-state index >= 15 is 0 Å². The molecule has 0 saturated heterocycles. The minimum atomic E-state index is -2.76. The van der Waals surface area contributed by atoms with Gasteiger partial charge in [-0.2, -0.15) is 0 Å². The van der Waals surface area contributed by atoms with E-state index in [4.69, 9.17) is 5.11 Å². The number of carbonyl (C=O) groups excluding carboxylic acids is 1. The summed E-state index contributed by atoms with van der Waals surface area (Å²) >= 11 is 0. The largest absolute Gasteiger partial charge is 0.481 e. The number of aliphatic carboxylic acids is 1. The second-order valence-electron chi connectivity index (χ2n) is 4.10. The lowest BCUT2D eigenvalue weighted by Gasteiger charge is -2.09. The number of rotatable bonds is 4. The molecule has 4 nitrogen and oxygen atoms in total. The van der Waals surface area contributed by atoms with Crippen LogP contribution in [0, 0.1) is 20.8 Å². The minimum absolute atomic E-state index is 0.403. The van der Waals surface area contributed by atoms with Crippen molar-refractivity contribution in [1.29, 1.82) is 0 Å². The maximum atomic E-state index is 11.9. The molecule has 0 bridgehead atoms. The third-order valence-electron chi connectivity index (χ3n) is 2.47. The highest BCUT2D eigenvalue weighted by Crippen LogP contribution is 2.30. The standard InChI is InChI=1S/C12H15O4P/c1-7-4-8(2)11(9(3)5-7)12(15)17(16)6-10(13)14/h4-5,17H,6H2,1-3H3,(H,13,14). The number of carboxylic acids is 1. The summed E-state index contributed by atoms with van der Waals surface area (Å²) in [6.45, 7) is 5.45. The first-order valence-electron chi connectivity index (χ1n) is 5.20. The van der Waals surface area contributed by atoms with E-state index in [1.165, 1.54) is 0 Å². The fraction of sp³-hybridized carbons (Fsp3) is 0.333. The fourth-order valence-corrected chi connectivity index (χ4v) is 3.00. The van der Waals surface area contributed by atoms with E-state index in [1.807, 2.05) is 19.1 Å². The van der Waals surface area contributed by atoms with Gasteiger partial charge in [-0.05, 0) is 31.9 Å². The summed E-state index contributed by atoms with van der Waals surface area (Å²) in [4.78, 5) is 22.3. The van der Waals surface area contributed by atoms with Gasteiger partial charge >= 0.3 is 5.97 Å². The monoisotopic (exact) mass is 254 g/mol. The van der Waals surface area contributed by atoms with Crippen LogP contribution >= 0.6 is 7.80 Å². The summed E-state index contributed by atoms with van der Waals surface area (Å²) in [6.07, 6.45) is -0.573. The molecule has 0 amide bonds. The van der Waals surface area contributed by atoms with Gasteiger partial charge in [0.2, 0.25) is 5.52 Å². The smallest absolute Gasteiger partial charge is 0.311 e. The van der Waals surface area contributed by atoms with Crippen molar-refractivity contribution < 1.29 is 19.3 Å². The lowest BCUT2D eigenvalue weighted by molar-refractivity contribution is -0.134. The summed E-state index contributed by atoms with van der Waals surface area (Å²) in [5, 5.41) is 8.54. The number of hydrogen-bond donors (Lipinski definition) is 1. The topological polar surface area (TPSA) is 71.4 Å². The molecular weight excluding hydrogens is 239 g/mol. The molecule has 17 heavy (non-hydrogen) atoms. The fourth-order valence-electron chi connectivity index (χ4n) is 1.90. The van der Waals surface area contributed by atoms with E-state index in [0.717, 1.165) is 16.7 Å². The van der Waals surface area contributed by atoms with Gasteiger partial charge in [0.1, 0.15) is 6.16 Å². The van der Waals surface area contributed by atoms with Gasteiger partial charge < -0.3 is 9.67 Å². The molecule has 1 atom stereocenters. The molecule has 0 radical (unpaired) electrons. The average Bonchev–Trinajstić information content (AvgIpc) is 2.14. The van der Waals surface area contributed by atoms with Gasteiger partial charge in [-0.25, -0.2) is 0 Å². The van der Waals surface area contributed by atoms with Crippen molar-refractivity contribution in [1.82, 2.24) is 0 Å². The molecule has 0 saturated carbocycles. The Labute approximate surface area is 100 Å². The summed E-state index contributed by atoms with van der Waals surface area (Å²) in [5.74, 6) is -1.20. The summed E-state index contributed by atoms with van der Waals surface area (Å²) in [7, 11) is -2.76. The lowest BCUT2D eigenvalue weighted by Crippen LogP contribution is -2.06. The van der Waals surface area contributed by atoms with Crippen molar-refractivity contribution >= 4 is 19.3 Å². The molecule has 0 fully saturated rings. The van der Waals surface area contributed by atoms with Gasteiger partial charge in [0.05, 0.1) is 0 Å². The SMILES string of the molecule is Cc1cc(C)c(C(=O)[PH](=O)CC(=O)O)c(C)c1. The Hall–Kier alpha value is -1.41. The zero-order valence-corrected chi connectivity index (χ0v) is 11.0. The van der Waals surface area contributed by atoms with Gasteiger partial charge in [-0.1, -0.05) is 17.7 Å². The molecule has 1 unspecified atom stereocenters. The van der Waals surface area contributed by atoms with Crippen LogP contribution in [0.1, 0.15) is 27.0 Å². The molecule has 1 rings (SSSR count). The Balaban J connectivity index is 3.13. The Kier molecular flexibility index (Phi) is 4.24. The van der Waals surface area contributed by atoms with Crippen molar-refractivity contribution in [2.24, 2.45) is 0 Å². The maximum Gasteiger partial charge on any atom is 0.311 e. The van der Waals surface area contributed by atoms with Crippen LogP contribution in [0.2, 0.25) is 0 Å². The molecule has 5 heteroatoms. The predicted octanol–water partition coefficient (Wildman–Crippen LogP) is 2.40. The van der Waals surface area contributed by atoms with E-state index < -0.39 is 25.5 Å². The maximum absolute atomic E-state index is 11.9. The minimum Gasteiger partial charge on any atom is -0.481 e. The third kappa shape index (κ3) is 3.27. The van der Waals surface area contributed by atoms with Gasteiger partial charge in [0.25, 0.3) is 0 Å². The predicted molar refractivity (Wildman–Crippen MR) is 66.5 cm³/mol. The van der Waals surface area contributed by atoms with Crippen molar-refractivity contribution in [2.75, 3.05) is 6.16 Å². The van der Waals surface area contributed by atoms with E-state index in [2.05, 4.69) is 0 Å². The molecule has 92 valence electrons. The highest BCUT2D eigenvalue weighted by molar-refractivity contribution is 7.65. The first kappa shape index (κ1) is 13.7. The van der Waals surface area contributed by atoms with E-state index in [-0.39, 0.29) is 0 Å².